The first-order valence-electron chi connectivity index (χ1n) is 9.90. The molecule has 8 nitrogen and oxygen atoms in total. The summed E-state index contributed by atoms with van der Waals surface area (Å²) in [6.45, 7) is 2.02. The van der Waals surface area contributed by atoms with Gasteiger partial charge < -0.3 is 15.6 Å². The molecular weight excluding hydrogens is 426 g/mol. The first-order valence-corrected chi connectivity index (χ1v) is 10.3. The SMILES string of the molecule is CC(Nc1ncnc(N)c1-c1ccon1)c1cc2cccc(Cl)c2nc1-c1ccccn1. The van der Waals surface area contributed by atoms with E-state index in [2.05, 4.69) is 31.5 Å². The predicted molar refractivity (Wildman–Crippen MR) is 124 cm³/mol. The van der Waals surface area contributed by atoms with E-state index in [1.807, 2.05) is 43.3 Å². The van der Waals surface area contributed by atoms with Crippen molar-refractivity contribution in [2.45, 2.75) is 13.0 Å². The number of nitrogens with two attached hydrogens (primary N) is 1. The van der Waals surface area contributed by atoms with Crippen molar-refractivity contribution in [3.8, 4) is 22.6 Å². The molecule has 0 saturated heterocycles. The van der Waals surface area contributed by atoms with Crippen molar-refractivity contribution in [3.63, 3.8) is 0 Å². The van der Waals surface area contributed by atoms with Crippen LogP contribution in [-0.4, -0.2) is 25.1 Å². The molecule has 1 aromatic carbocycles. The molecule has 9 heteroatoms. The van der Waals surface area contributed by atoms with Gasteiger partial charge in [-0.15, -0.1) is 0 Å². The van der Waals surface area contributed by atoms with Gasteiger partial charge in [0.15, 0.2) is 0 Å². The van der Waals surface area contributed by atoms with Crippen molar-refractivity contribution in [3.05, 3.63) is 77.9 Å². The number of aromatic nitrogens is 5. The standard InChI is InChI=1S/C23H18ClN7O/c1-13(29-23-19(17-8-10-32-31-17)22(25)27-12-28-23)15-11-14-5-4-6-16(24)20(14)30-21(15)18-7-2-3-9-26-18/h2-13H,1H3,(H3,25,27,28,29). The molecule has 0 fully saturated rings. The number of nitrogens with zero attached hydrogens (tertiary/aromatic N) is 5. The van der Waals surface area contributed by atoms with Crippen molar-refractivity contribution in [2.75, 3.05) is 11.1 Å². The Morgan fingerprint density at radius 1 is 1.03 bits per heavy atom. The Morgan fingerprint density at radius 3 is 2.72 bits per heavy atom. The second-order valence-corrected chi connectivity index (χ2v) is 7.59. The number of nitrogen functional groups attached to an aromatic ring is 1. The van der Waals surface area contributed by atoms with Crippen LogP contribution < -0.4 is 11.1 Å². The molecule has 0 aliphatic rings. The van der Waals surface area contributed by atoms with E-state index < -0.39 is 0 Å². The van der Waals surface area contributed by atoms with E-state index >= 15 is 0 Å². The Kier molecular flexibility index (Phi) is 5.12. The Balaban J connectivity index is 1.63. The second-order valence-electron chi connectivity index (χ2n) is 7.19. The van der Waals surface area contributed by atoms with Crippen LogP contribution in [0.5, 0.6) is 0 Å². The van der Waals surface area contributed by atoms with Crippen molar-refractivity contribution in [1.29, 1.82) is 0 Å². The van der Waals surface area contributed by atoms with Gasteiger partial charge in [-0.1, -0.05) is 35.0 Å². The zero-order valence-corrected chi connectivity index (χ0v) is 17.8. The van der Waals surface area contributed by atoms with Crippen LogP contribution in [0.15, 0.2) is 71.8 Å². The van der Waals surface area contributed by atoms with Gasteiger partial charge in [0.2, 0.25) is 0 Å². The number of halogens is 1. The predicted octanol–water partition coefficient (Wildman–Crippen LogP) is 5.15. The maximum Gasteiger partial charge on any atom is 0.141 e. The average molecular weight is 444 g/mol. The molecule has 3 N–H and O–H groups in total. The van der Waals surface area contributed by atoms with E-state index in [1.165, 1.54) is 12.6 Å². The van der Waals surface area contributed by atoms with Gasteiger partial charge in [0.25, 0.3) is 0 Å². The smallest absolute Gasteiger partial charge is 0.141 e. The monoisotopic (exact) mass is 443 g/mol. The molecular formula is C23H18ClN7O. The normalized spacial score (nSPS) is 12.1. The number of nitrogens with one attached hydrogen (secondary N) is 1. The van der Waals surface area contributed by atoms with Gasteiger partial charge in [-0.3, -0.25) is 4.98 Å². The minimum atomic E-state index is -0.206. The highest BCUT2D eigenvalue weighted by molar-refractivity contribution is 6.35. The third kappa shape index (κ3) is 3.61. The molecule has 4 heterocycles. The van der Waals surface area contributed by atoms with Crippen LogP contribution in [0.1, 0.15) is 18.5 Å². The highest BCUT2D eigenvalue weighted by atomic mass is 35.5. The van der Waals surface area contributed by atoms with Crippen LogP contribution >= 0.6 is 11.6 Å². The van der Waals surface area contributed by atoms with Crippen LogP contribution in [0, 0.1) is 0 Å². The molecule has 5 aromatic rings. The van der Waals surface area contributed by atoms with Gasteiger partial charge in [-0.25, -0.2) is 15.0 Å². The van der Waals surface area contributed by atoms with Gasteiger partial charge in [-0.2, -0.15) is 0 Å². The summed E-state index contributed by atoms with van der Waals surface area (Å²) in [5.74, 6) is 0.842. The Morgan fingerprint density at radius 2 is 1.94 bits per heavy atom. The second kappa shape index (κ2) is 8.24. The lowest BCUT2D eigenvalue weighted by Crippen LogP contribution is -2.13. The minimum Gasteiger partial charge on any atom is -0.383 e. The zero-order valence-electron chi connectivity index (χ0n) is 17.0. The van der Waals surface area contributed by atoms with E-state index in [0.29, 0.717) is 27.9 Å². The molecule has 0 spiro atoms. The Bertz CT molecular complexity index is 1390. The number of benzene rings is 1. The average Bonchev–Trinajstić information content (AvgIpc) is 3.34. The third-order valence-corrected chi connectivity index (χ3v) is 5.43. The summed E-state index contributed by atoms with van der Waals surface area (Å²) in [6, 6.07) is 15.0. The highest BCUT2D eigenvalue weighted by Gasteiger charge is 2.21. The summed E-state index contributed by atoms with van der Waals surface area (Å²) >= 11 is 6.43. The molecule has 0 aliphatic heterocycles. The van der Waals surface area contributed by atoms with Crippen molar-refractivity contribution >= 4 is 34.1 Å². The fourth-order valence-electron chi connectivity index (χ4n) is 3.60. The van der Waals surface area contributed by atoms with Gasteiger partial charge >= 0.3 is 0 Å². The maximum atomic E-state index is 6.43. The van der Waals surface area contributed by atoms with E-state index in [1.54, 1.807) is 12.3 Å². The summed E-state index contributed by atoms with van der Waals surface area (Å²) in [4.78, 5) is 17.9. The summed E-state index contributed by atoms with van der Waals surface area (Å²) < 4.78 is 4.99. The zero-order chi connectivity index (χ0) is 22.1. The molecule has 0 saturated carbocycles. The molecule has 0 radical (unpaired) electrons. The quantitative estimate of drug-likeness (QED) is 0.383. The highest BCUT2D eigenvalue weighted by Crippen LogP contribution is 2.35. The van der Waals surface area contributed by atoms with Crippen molar-refractivity contribution in [2.24, 2.45) is 0 Å². The van der Waals surface area contributed by atoms with E-state index in [9.17, 15) is 0 Å². The molecule has 158 valence electrons. The van der Waals surface area contributed by atoms with Crippen LogP contribution in [0.2, 0.25) is 5.02 Å². The molecule has 0 aliphatic carbocycles. The number of rotatable bonds is 5. The molecule has 1 atom stereocenters. The van der Waals surface area contributed by atoms with Crippen molar-refractivity contribution in [1.82, 2.24) is 25.1 Å². The fourth-order valence-corrected chi connectivity index (χ4v) is 3.83. The number of hydrogen-bond donors (Lipinski definition) is 2. The number of fused-ring (bicyclic) bond motifs is 1. The summed E-state index contributed by atoms with van der Waals surface area (Å²) in [5.41, 5.74) is 10.4. The summed E-state index contributed by atoms with van der Waals surface area (Å²) in [5, 5.41) is 8.94. The van der Waals surface area contributed by atoms with Crippen LogP contribution in [0.3, 0.4) is 0 Å². The molecule has 4 aromatic heterocycles. The summed E-state index contributed by atoms with van der Waals surface area (Å²) in [6.07, 6.45) is 4.63. The largest absolute Gasteiger partial charge is 0.383 e. The lowest BCUT2D eigenvalue weighted by Gasteiger charge is -2.20. The van der Waals surface area contributed by atoms with E-state index in [4.69, 9.17) is 26.8 Å². The molecule has 5 rings (SSSR count). The first-order chi connectivity index (χ1) is 15.6. The molecule has 32 heavy (non-hydrogen) atoms. The van der Waals surface area contributed by atoms with Crippen LogP contribution in [-0.2, 0) is 0 Å². The van der Waals surface area contributed by atoms with Gasteiger partial charge in [0.1, 0.15) is 29.9 Å². The first kappa shape index (κ1) is 19.9. The topological polar surface area (TPSA) is 116 Å². The van der Waals surface area contributed by atoms with Gasteiger partial charge in [0, 0.05) is 23.2 Å². The van der Waals surface area contributed by atoms with E-state index in [0.717, 1.165) is 27.9 Å². The number of para-hydroxylation sites is 1. The van der Waals surface area contributed by atoms with Gasteiger partial charge in [-0.05, 0) is 31.2 Å². The lowest BCUT2D eigenvalue weighted by atomic mass is 10.0. The number of hydrogen-bond acceptors (Lipinski definition) is 8. The molecule has 0 amide bonds. The number of pyridine rings is 2. The Labute approximate surface area is 188 Å². The van der Waals surface area contributed by atoms with Crippen molar-refractivity contribution < 1.29 is 4.52 Å². The molecule has 1 unspecified atom stereocenters. The lowest BCUT2D eigenvalue weighted by molar-refractivity contribution is 0.422. The van der Waals surface area contributed by atoms with Crippen LogP contribution in [0.4, 0.5) is 11.6 Å². The third-order valence-electron chi connectivity index (χ3n) is 5.12. The maximum absolute atomic E-state index is 6.43. The fraction of sp³-hybridized carbons (Fsp3) is 0.0870. The number of anilines is 2. The van der Waals surface area contributed by atoms with Crippen LogP contribution in [0.25, 0.3) is 33.5 Å². The summed E-state index contributed by atoms with van der Waals surface area (Å²) in [7, 11) is 0. The molecule has 0 bridgehead atoms. The van der Waals surface area contributed by atoms with E-state index in [-0.39, 0.29) is 6.04 Å². The Hall–Kier alpha value is -4.04. The van der Waals surface area contributed by atoms with Gasteiger partial charge in [0.05, 0.1) is 33.5 Å². The minimum absolute atomic E-state index is 0.206.